The summed E-state index contributed by atoms with van der Waals surface area (Å²) in [5.74, 6) is 1.88. The van der Waals surface area contributed by atoms with Gasteiger partial charge >= 0.3 is 0 Å². The van der Waals surface area contributed by atoms with Crippen molar-refractivity contribution >= 4 is 0 Å². The predicted octanol–water partition coefficient (Wildman–Crippen LogP) is 4.16. The highest BCUT2D eigenvalue weighted by atomic mass is 16.6. The van der Waals surface area contributed by atoms with Gasteiger partial charge in [-0.25, -0.2) is 0 Å². The lowest BCUT2D eigenvalue weighted by atomic mass is 9.78. The van der Waals surface area contributed by atoms with E-state index < -0.39 is 0 Å². The molecular formula is C14H26O. The molecule has 0 aromatic rings. The Balaban J connectivity index is 1.57. The molecule has 0 aromatic carbocycles. The zero-order chi connectivity index (χ0) is 10.7. The van der Waals surface area contributed by atoms with E-state index in [1.165, 1.54) is 51.4 Å². The first-order valence-corrected chi connectivity index (χ1v) is 6.96. The molecule has 0 radical (unpaired) electrons. The number of hydrogen-bond acceptors (Lipinski definition) is 1. The summed E-state index contributed by atoms with van der Waals surface area (Å²) in [6, 6.07) is 0. The van der Waals surface area contributed by atoms with Crippen LogP contribution in [-0.4, -0.2) is 12.2 Å². The molecular weight excluding hydrogens is 184 g/mol. The van der Waals surface area contributed by atoms with E-state index in [4.69, 9.17) is 4.74 Å². The van der Waals surface area contributed by atoms with Crippen molar-refractivity contribution in [3.8, 4) is 0 Å². The lowest BCUT2D eigenvalue weighted by molar-refractivity contribution is 0.261. The Morgan fingerprint density at radius 1 is 1.00 bits per heavy atom. The van der Waals surface area contributed by atoms with Gasteiger partial charge in [0.05, 0.1) is 12.2 Å². The molecule has 1 heteroatoms. The third kappa shape index (κ3) is 3.21. The van der Waals surface area contributed by atoms with Gasteiger partial charge in [0.25, 0.3) is 0 Å². The summed E-state index contributed by atoms with van der Waals surface area (Å²) in [7, 11) is 0. The van der Waals surface area contributed by atoms with Crippen molar-refractivity contribution in [2.75, 3.05) is 0 Å². The van der Waals surface area contributed by atoms with Gasteiger partial charge in [0.15, 0.2) is 0 Å². The molecule has 88 valence electrons. The maximum Gasteiger partial charge on any atom is 0.0844 e. The SMILES string of the molecule is CCCCCCCC1CC2OC2CC1C. The monoisotopic (exact) mass is 210 g/mol. The van der Waals surface area contributed by atoms with Crippen molar-refractivity contribution in [2.45, 2.75) is 77.4 Å². The van der Waals surface area contributed by atoms with Gasteiger partial charge in [0.2, 0.25) is 0 Å². The molecule has 0 amide bonds. The molecule has 0 aromatic heterocycles. The molecule has 1 aliphatic carbocycles. The van der Waals surface area contributed by atoms with Gasteiger partial charge in [-0.15, -0.1) is 0 Å². The number of fused-ring (bicyclic) bond motifs is 1. The number of ether oxygens (including phenoxy) is 1. The van der Waals surface area contributed by atoms with Gasteiger partial charge in [-0.1, -0.05) is 52.4 Å². The van der Waals surface area contributed by atoms with E-state index in [0.717, 1.165) is 11.8 Å². The number of epoxide rings is 1. The van der Waals surface area contributed by atoms with Crippen LogP contribution in [0.1, 0.15) is 65.2 Å². The second kappa shape index (κ2) is 5.34. The Morgan fingerprint density at radius 3 is 2.53 bits per heavy atom. The normalized spacial score (nSPS) is 38.8. The van der Waals surface area contributed by atoms with Gasteiger partial charge in [-0.3, -0.25) is 0 Å². The molecule has 4 atom stereocenters. The zero-order valence-electron chi connectivity index (χ0n) is 10.4. The molecule has 2 rings (SSSR count). The van der Waals surface area contributed by atoms with Crippen molar-refractivity contribution in [2.24, 2.45) is 11.8 Å². The highest BCUT2D eigenvalue weighted by Gasteiger charge is 2.46. The van der Waals surface area contributed by atoms with Gasteiger partial charge < -0.3 is 4.74 Å². The lowest BCUT2D eigenvalue weighted by Gasteiger charge is -2.26. The quantitative estimate of drug-likeness (QED) is 0.474. The van der Waals surface area contributed by atoms with Crippen LogP contribution >= 0.6 is 0 Å². The molecule has 1 nitrogen and oxygen atoms in total. The van der Waals surface area contributed by atoms with Crippen LogP contribution in [0.2, 0.25) is 0 Å². The highest BCUT2D eigenvalue weighted by molar-refractivity contribution is 4.94. The minimum absolute atomic E-state index is 0.663. The lowest BCUT2D eigenvalue weighted by Crippen LogP contribution is -2.22. The van der Waals surface area contributed by atoms with Crippen LogP contribution in [0.4, 0.5) is 0 Å². The van der Waals surface area contributed by atoms with Crippen LogP contribution in [0.3, 0.4) is 0 Å². The summed E-state index contributed by atoms with van der Waals surface area (Å²) in [4.78, 5) is 0. The average Bonchev–Trinajstić information content (AvgIpc) is 2.95. The van der Waals surface area contributed by atoms with Crippen molar-refractivity contribution in [1.29, 1.82) is 0 Å². The second-order valence-electron chi connectivity index (χ2n) is 5.62. The third-order valence-electron chi connectivity index (χ3n) is 4.31. The molecule has 0 N–H and O–H groups in total. The van der Waals surface area contributed by atoms with Crippen LogP contribution in [0, 0.1) is 11.8 Å². The van der Waals surface area contributed by atoms with E-state index in [0.29, 0.717) is 12.2 Å². The van der Waals surface area contributed by atoms with E-state index in [1.54, 1.807) is 0 Å². The summed E-state index contributed by atoms with van der Waals surface area (Å²) in [6.07, 6.45) is 12.6. The fourth-order valence-electron chi connectivity index (χ4n) is 3.10. The summed E-state index contributed by atoms with van der Waals surface area (Å²) in [6.45, 7) is 4.71. The van der Waals surface area contributed by atoms with Crippen LogP contribution < -0.4 is 0 Å². The fraction of sp³-hybridized carbons (Fsp3) is 1.00. The molecule has 2 fully saturated rings. The third-order valence-corrected chi connectivity index (χ3v) is 4.31. The maximum atomic E-state index is 5.62. The molecule has 0 bridgehead atoms. The zero-order valence-corrected chi connectivity index (χ0v) is 10.4. The molecule has 1 saturated carbocycles. The highest BCUT2D eigenvalue weighted by Crippen LogP contribution is 2.44. The Labute approximate surface area is 94.6 Å². The van der Waals surface area contributed by atoms with Crippen molar-refractivity contribution < 1.29 is 4.74 Å². The van der Waals surface area contributed by atoms with Crippen molar-refractivity contribution in [3.05, 3.63) is 0 Å². The van der Waals surface area contributed by atoms with Crippen LogP contribution in [0.15, 0.2) is 0 Å². The molecule has 2 aliphatic rings. The first kappa shape index (κ1) is 11.4. The molecule has 0 spiro atoms. The van der Waals surface area contributed by atoms with Crippen LogP contribution in [-0.2, 0) is 4.74 Å². The van der Waals surface area contributed by atoms with Crippen molar-refractivity contribution in [1.82, 2.24) is 0 Å². The largest absolute Gasteiger partial charge is 0.370 e. The van der Waals surface area contributed by atoms with Crippen LogP contribution in [0.25, 0.3) is 0 Å². The summed E-state index contributed by atoms with van der Waals surface area (Å²) in [5.41, 5.74) is 0. The molecule has 1 saturated heterocycles. The maximum absolute atomic E-state index is 5.62. The summed E-state index contributed by atoms with van der Waals surface area (Å²) in [5, 5.41) is 0. The second-order valence-corrected chi connectivity index (χ2v) is 5.62. The minimum atomic E-state index is 0.663. The molecule has 1 heterocycles. The van der Waals surface area contributed by atoms with E-state index >= 15 is 0 Å². The Kier molecular flexibility index (Phi) is 4.07. The predicted molar refractivity (Wildman–Crippen MR) is 63.9 cm³/mol. The van der Waals surface area contributed by atoms with Crippen molar-refractivity contribution in [3.63, 3.8) is 0 Å². The number of rotatable bonds is 6. The van der Waals surface area contributed by atoms with Gasteiger partial charge in [-0.2, -0.15) is 0 Å². The standard InChI is InChI=1S/C14H26O/c1-3-4-5-6-7-8-12-10-14-13(15-14)9-11(12)2/h11-14H,3-10H2,1-2H3. The number of unbranched alkanes of at least 4 members (excludes halogenated alkanes) is 4. The smallest absolute Gasteiger partial charge is 0.0844 e. The van der Waals surface area contributed by atoms with Gasteiger partial charge in [0.1, 0.15) is 0 Å². The van der Waals surface area contributed by atoms with E-state index in [1.807, 2.05) is 0 Å². The average molecular weight is 210 g/mol. The first-order valence-electron chi connectivity index (χ1n) is 6.96. The van der Waals surface area contributed by atoms with E-state index in [-0.39, 0.29) is 0 Å². The first-order chi connectivity index (χ1) is 7.31. The molecule has 1 aliphatic heterocycles. The van der Waals surface area contributed by atoms with Crippen LogP contribution in [0.5, 0.6) is 0 Å². The minimum Gasteiger partial charge on any atom is -0.370 e. The topological polar surface area (TPSA) is 12.5 Å². The number of hydrogen-bond donors (Lipinski definition) is 0. The van der Waals surface area contributed by atoms with E-state index in [2.05, 4.69) is 13.8 Å². The summed E-state index contributed by atoms with van der Waals surface area (Å²) < 4.78 is 5.62. The Hall–Kier alpha value is -0.0400. The van der Waals surface area contributed by atoms with E-state index in [9.17, 15) is 0 Å². The Morgan fingerprint density at radius 2 is 1.73 bits per heavy atom. The summed E-state index contributed by atoms with van der Waals surface area (Å²) >= 11 is 0. The molecule has 15 heavy (non-hydrogen) atoms. The molecule has 4 unspecified atom stereocenters. The fourth-order valence-corrected chi connectivity index (χ4v) is 3.10. The van der Waals surface area contributed by atoms with Gasteiger partial charge in [0, 0.05) is 0 Å². The van der Waals surface area contributed by atoms with Gasteiger partial charge in [-0.05, 0) is 24.7 Å². The Bertz CT molecular complexity index is 190.